The van der Waals surface area contributed by atoms with E-state index in [1.807, 2.05) is 42.5 Å². The lowest BCUT2D eigenvalue weighted by Crippen LogP contribution is -2.32. The summed E-state index contributed by atoms with van der Waals surface area (Å²) in [6.45, 7) is 3.04. The highest BCUT2D eigenvalue weighted by molar-refractivity contribution is 7.89. The highest BCUT2D eigenvalue weighted by Crippen LogP contribution is 2.29. The maximum atomic E-state index is 13.3. The first-order valence-corrected chi connectivity index (χ1v) is 10.7. The van der Waals surface area contributed by atoms with E-state index in [1.54, 1.807) is 16.4 Å². The van der Waals surface area contributed by atoms with Gasteiger partial charge in [-0.25, -0.2) is 8.42 Å². The van der Waals surface area contributed by atoms with Gasteiger partial charge in [-0.05, 0) is 46.7 Å². The molecule has 3 nitrogen and oxygen atoms in total. The molecule has 1 aliphatic heterocycles. The second-order valence-electron chi connectivity index (χ2n) is 7.28. The van der Waals surface area contributed by atoms with Gasteiger partial charge in [0.05, 0.1) is 4.90 Å². The molecule has 4 heteroatoms. The quantitative estimate of drug-likeness (QED) is 0.661. The van der Waals surface area contributed by atoms with Gasteiger partial charge in [-0.1, -0.05) is 73.7 Å². The number of fused-ring (bicyclic) bond motifs is 1. The smallest absolute Gasteiger partial charge is 0.207 e. The van der Waals surface area contributed by atoms with Crippen LogP contribution in [0.15, 0.2) is 83.8 Å². The Kier molecular flexibility index (Phi) is 4.85. The lowest BCUT2D eigenvalue weighted by atomic mass is 10.0. The topological polar surface area (TPSA) is 37.4 Å². The van der Waals surface area contributed by atoms with E-state index in [0.29, 0.717) is 18.0 Å². The van der Waals surface area contributed by atoms with Crippen LogP contribution >= 0.6 is 0 Å². The second kappa shape index (κ2) is 7.29. The molecule has 0 amide bonds. The van der Waals surface area contributed by atoms with Crippen molar-refractivity contribution < 1.29 is 8.42 Å². The second-order valence-corrected chi connectivity index (χ2v) is 9.19. The predicted molar refractivity (Wildman–Crippen MR) is 109 cm³/mol. The third-order valence-electron chi connectivity index (χ3n) is 5.07. The fourth-order valence-corrected chi connectivity index (χ4v) is 5.56. The molecule has 1 atom stereocenters. The van der Waals surface area contributed by atoms with Crippen LogP contribution in [-0.2, 0) is 23.0 Å². The van der Waals surface area contributed by atoms with E-state index in [2.05, 4.69) is 31.2 Å². The van der Waals surface area contributed by atoms with Gasteiger partial charge in [0, 0.05) is 13.1 Å². The monoisotopic (exact) mass is 377 g/mol. The van der Waals surface area contributed by atoms with Crippen molar-refractivity contribution in [3.63, 3.8) is 0 Å². The Morgan fingerprint density at radius 2 is 1.59 bits per heavy atom. The van der Waals surface area contributed by atoms with Crippen molar-refractivity contribution in [2.45, 2.75) is 24.8 Å². The minimum atomic E-state index is -3.49. The number of sulfonamides is 1. The van der Waals surface area contributed by atoms with Gasteiger partial charge >= 0.3 is 0 Å². The summed E-state index contributed by atoms with van der Waals surface area (Å²) in [7, 11) is -3.49. The average Bonchev–Trinajstić information content (AvgIpc) is 2.77. The van der Waals surface area contributed by atoms with E-state index in [0.717, 1.165) is 28.7 Å². The normalized spacial score (nSPS) is 19.2. The molecule has 3 aromatic carbocycles. The molecule has 1 unspecified atom stereocenters. The fourth-order valence-electron chi connectivity index (χ4n) is 3.78. The number of hydrogen-bond donors (Lipinski definition) is 0. The SMILES string of the molecule is CC1Cc2ccccc2S(=O)(=O)N(Cc2cccc(-c3ccccc3)c2)C1. The van der Waals surface area contributed by atoms with Crippen molar-refractivity contribution in [3.8, 4) is 11.1 Å². The van der Waals surface area contributed by atoms with Gasteiger partial charge in [0.15, 0.2) is 0 Å². The summed E-state index contributed by atoms with van der Waals surface area (Å²) < 4.78 is 28.1. The summed E-state index contributed by atoms with van der Waals surface area (Å²) in [5.74, 6) is 0.278. The van der Waals surface area contributed by atoms with Gasteiger partial charge < -0.3 is 0 Å². The van der Waals surface area contributed by atoms with E-state index in [1.165, 1.54) is 0 Å². The highest BCUT2D eigenvalue weighted by Gasteiger charge is 2.31. The van der Waals surface area contributed by atoms with Crippen LogP contribution in [0.25, 0.3) is 11.1 Å². The number of benzene rings is 3. The van der Waals surface area contributed by atoms with Gasteiger partial charge in [-0.15, -0.1) is 0 Å². The van der Waals surface area contributed by atoms with Crippen molar-refractivity contribution >= 4 is 10.0 Å². The molecule has 1 heterocycles. The Bertz CT molecular complexity index is 1040. The molecule has 0 aliphatic carbocycles. The molecule has 27 heavy (non-hydrogen) atoms. The summed E-state index contributed by atoms with van der Waals surface area (Å²) in [6, 6.07) is 25.7. The predicted octanol–water partition coefficient (Wildman–Crippen LogP) is 4.74. The van der Waals surface area contributed by atoms with Crippen molar-refractivity contribution in [2.75, 3.05) is 6.54 Å². The maximum Gasteiger partial charge on any atom is 0.243 e. The van der Waals surface area contributed by atoms with E-state index in [-0.39, 0.29) is 5.92 Å². The van der Waals surface area contributed by atoms with Gasteiger partial charge in [0.25, 0.3) is 0 Å². The van der Waals surface area contributed by atoms with E-state index in [4.69, 9.17) is 0 Å². The number of rotatable bonds is 3. The molecule has 0 fully saturated rings. The van der Waals surface area contributed by atoms with Crippen LogP contribution in [0.5, 0.6) is 0 Å². The molecular formula is C23H23NO2S. The minimum absolute atomic E-state index is 0.278. The number of hydrogen-bond acceptors (Lipinski definition) is 2. The Hall–Kier alpha value is -2.43. The Morgan fingerprint density at radius 3 is 2.41 bits per heavy atom. The summed E-state index contributed by atoms with van der Waals surface area (Å²) >= 11 is 0. The lowest BCUT2D eigenvalue weighted by Gasteiger charge is -2.22. The first kappa shape index (κ1) is 18.0. The van der Waals surface area contributed by atoms with Crippen LogP contribution in [0, 0.1) is 5.92 Å². The molecule has 0 N–H and O–H groups in total. The standard InChI is InChI=1S/C23H23NO2S/c1-18-14-22-11-5-6-13-23(22)27(25,26)24(16-18)17-19-8-7-12-21(15-19)20-9-3-2-4-10-20/h2-13,15,18H,14,16-17H2,1H3. The van der Waals surface area contributed by atoms with Gasteiger partial charge in [-0.2, -0.15) is 4.31 Å². The van der Waals surface area contributed by atoms with Crippen molar-refractivity contribution in [1.29, 1.82) is 0 Å². The zero-order valence-corrected chi connectivity index (χ0v) is 16.2. The summed E-state index contributed by atoms with van der Waals surface area (Å²) in [5.41, 5.74) is 4.17. The zero-order chi connectivity index (χ0) is 18.9. The van der Waals surface area contributed by atoms with Crippen LogP contribution < -0.4 is 0 Å². The van der Waals surface area contributed by atoms with Crippen molar-refractivity contribution in [2.24, 2.45) is 5.92 Å². The summed E-state index contributed by atoms with van der Waals surface area (Å²) in [6.07, 6.45) is 0.788. The van der Waals surface area contributed by atoms with Crippen molar-refractivity contribution in [3.05, 3.63) is 90.0 Å². The molecule has 3 aromatic rings. The first-order valence-electron chi connectivity index (χ1n) is 9.26. The Balaban J connectivity index is 1.68. The van der Waals surface area contributed by atoms with E-state index < -0.39 is 10.0 Å². The third kappa shape index (κ3) is 3.68. The highest BCUT2D eigenvalue weighted by atomic mass is 32.2. The molecule has 4 rings (SSSR count). The van der Waals surface area contributed by atoms with Gasteiger partial charge in [0.1, 0.15) is 0 Å². The molecule has 0 aromatic heterocycles. The van der Waals surface area contributed by atoms with Crippen molar-refractivity contribution in [1.82, 2.24) is 4.31 Å². The maximum absolute atomic E-state index is 13.3. The van der Waals surface area contributed by atoms with Crippen LogP contribution in [0.3, 0.4) is 0 Å². The minimum Gasteiger partial charge on any atom is -0.207 e. The first-order chi connectivity index (χ1) is 13.0. The van der Waals surface area contributed by atoms with Crippen LogP contribution in [0.2, 0.25) is 0 Å². The molecule has 138 valence electrons. The van der Waals surface area contributed by atoms with Crippen LogP contribution in [0.1, 0.15) is 18.1 Å². The molecule has 0 bridgehead atoms. The number of nitrogens with zero attached hydrogens (tertiary/aromatic N) is 1. The molecule has 1 aliphatic rings. The molecule has 0 saturated carbocycles. The Labute approximate surface area is 161 Å². The van der Waals surface area contributed by atoms with Gasteiger partial charge in [0.2, 0.25) is 10.0 Å². The zero-order valence-electron chi connectivity index (χ0n) is 15.4. The molecular weight excluding hydrogens is 354 g/mol. The third-order valence-corrected chi connectivity index (χ3v) is 6.98. The lowest BCUT2D eigenvalue weighted by molar-refractivity contribution is 0.357. The Morgan fingerprint density at radius 1 is 0.889 bits per heavy atom. The van der Waals surface area contributed by atoms with Gasteiger partial charge in [-0.3, -0.25) is 0 Å². The van der Waals surface area contributed by atoms with E-state index >= 15 is 0 Å². The average molecular weight is 378 g/mol. The van der Waals surface area contributed by atoms with E-state index in [9.17, 15) is 8.42 Å². The van der Waals surface area contributed by atoms with Crippen LogP contribution in [0.4, 0.5) is 0 Å². The molecule has 0 spiro atoms. The summed E-state index contributed by atoms with van der Waals surface area (Å²) in [5, 5.41) is 0. The molecule has 0 saturated heterocycles. The fraction of sp³-hybridized carbons (Fsp3) is 0.217. The van der Waals surface area contributed by atoms with Crippen LogP contribution in [-0.4, -0.2) is 19.3 Å². The molecule has 0 radical (unpaired) electrons. The summed E-state index contributed by atoms with van der Waals surface area (Å²) in [4.78, 5) is 0.452. The largest absolute Gasteiger partial charge is 0.243 e.